The van der Waals surface area contributed by atoms with Gasteiger partial charge in [-0.2, -0.15) is 0 Å². The first-order valence-electron chi connectivity index (χ1n) is 8.27. The monoisotopic (exact) mass is 283 g/mol. The number of hydrogen-bond acceptors (Lipinski definition) is 3. The van der Waals surface area contributed by atoms with Crippen molar-refractivity contribution < 1.29 is 4.79 Å². The Hall–Kier alpha value is -0.610. The van der Waals surface area contributed by atoms with Crippen LogP contribution in [-0.2, 0) is 4.79 Å². The van der Waals surface area contributed by atoms with E-state index in [4.69, 9.17) is 0 Å². The van der Waals surface area contributed by atoms with Crippen LogP contribution in [0, 0.1) is 5.92 Å². The largest absolute Gasteiger partial charge is 0.352 e. The summed E-state index contributed by atoms with van der Waals surface area (Å²) in [4.78, 5) is 14.6. The fourth-order valence-electron chi connectivity index (χ4n) is 3.01. The normalized spacial score (nSPS) is 20.6. The maximum absolute atomic E-state index is 12.2. The summed E-state index contributed by atoms with van der Waals surface area (Å²) in [6, 6.07) is 0.308. The van der Waals surface area contributed by atoms with Crippen LogP contribution in [0.2, 0.25) is 0 Å². The summed E-state index contributed by atoms with van der Waals surface area (Å²) >= 11 is 0. The van der Waals surface area contributed by atoms with Crippen molar-refractivity contribution in [1.82, 2.24) is 15.5 Å². The molecule has 4 nitrogen and oxygen atoms in total. The number of hydrogen-bond donors (Lipinski definition) is 2. The maximum Gasteiger partial charge on any atom is 0.237 e. The first-order chi connectivity index (χ1) is 9.58. The summed E-state index contributed by atoms with van der Waals surface area (Å²) in [6.07, 6.45) is 5.89. The fraction of sp³-hybridized carbons (Fsp3) is 0.938. The average Bonchev–Trinajstić information content (AvgIpc) is 2.45. The SMILES string of the molecule is CCCC(C)NC(=O)C(C)N1CCC(CCNC)CC1. The van der Waals surface area contributed by atoms with E-state index in [0.29, 0.717) is 6.04 Å². The molecule has 1 amide bonds. The minimum atomic E-state index is 0.0135. The number of carbonyl (C=O) groups is 1. The number of piperidine rings is 1. The van der Waals surface area contributed by atoms with Crippen LogP contribution in [0.4, 0.5) is 0 Å². The van der Waals surface area contributed by atoms with Crippen LogP contribution in [0.3, 0.4) is 0 Å². The smallest absolute Gasteiger partial charge is 0.237 e. The molecule has 0 aromatic carbocycles. The number of nitrogens with one attached hydrogen (secondary N) is 2. The Morgan fingerprint density at radius 1 is 1.30 bits per heavy atom. The van der Waals surface area contributed by atoms with E-state index in [1.807, 2.05) is 14.0 Å². The van der Waals surface area contributed by atoms with Gasteiger partial charge in [-0.3, -0.25) is 9.69 Å². The summed E-state index contributed by atoms with van der Waals surface area (Å²) < 4.78 is 0. The Balaban J connectivity index is 2.30. The van der Waals surface area contributed by atoms with E-state index in [2.05, 4.69) is 29.4 Å². The predicted molar refractivity (Wildman–Crippen MR) is 84.8 cm³/mol. The molecule has 2 atom stereocenters. The zero-order valence-electron chi connectivity index (χ0n) is 13.7. The second-order valence-electron chi connectivity index (χ2n) is 6.25. The van der Waals surface area contributed by atoms with Crippen molar-refractivity contribution in [3.63, 3.8) is 0 Å². The molecule has 4 heteroatoms. The van der Waals surface area contributed by atoms with Crippen molar-refractivity contribution in [3.05, 3.63) is 0 Å². The van der Waals surface area contributed by atoms with E-state index in [1.165, 1.54) is 19.3 Å². The molecular weight excluding hydrogens is 250 g/mol. The van der Waals surface area contributed by atoms with Gasteiger partial charge in [-0.15, -0.1) is 0 Å². The van der Waals surface area contributed by atoms with Gasteiger partial charge in [0.15, 0.2) is 0 Å². The van der Waals surface area contributed by atoms with Crippen LogP contribution in [0.1, 0.15) is 52.9 Å². The number of nitrogens with zero attached hydrogens (tertiary/aromatic N) is 1. The summed E-state index contributed by atoms with van der Waals surface area (Å²) in [7, 11) is 2.01. The van der Waals surface area contributed by atoms with Gasteiger partial charge in [0.1, 0.15) is 0 Å². The number of rotatable bonds is 8. The summed E-state index contributed by atoms with van der Waals surface area (Å²) in [5.74, 6) is 1.02. The zero-order valence-corrected chi connectivity index (χ0v) is 13.7. The second-order valence-corrected chi connectivity index (χ2v) is 6.25. The number of likely N-dealkylation sites (tertiary alicyclic amines) is 1. The van der Waals surface area contributed by atoms with Crippen LogP contribution >= 0.6 is 0 Å². The minimum Gasteiger partial charge on any atom is -0.352 e. The van der Waals surface area contributed by atoms with Crippen molar-refractivity contribution in [1.29, 1.82) is 0 Å². The minimum absolute atomic E-state index is 0.0135. The lowest BCUT2D eigenvalue weighted by atomic mass is 9.92. The van der Waals surface area contributed by atoms with Gasteiger partial charge in [-0.05, 0) is 72.1 Å². The zero-order chi connectivity index (χ0) is 15.0. The Labute approximate surface area is 124 Å². The van der Waals surface area contributed by atoms with Crippen LogP contribution < -0.4 is 10.6 Å². The van der Waals surface area contributed by atoms with Crippen LogP contribution in [-0.4, -0.2) is 49.6 Å². The van der Waals surface area contributed by atoms with Gasteiger partial charge >= 0.3 is 0 Å². The molecule has 1 heterocycles. The molecule has 1 rings (SSSR count). The molecule has 1 saturated heterocycles. The first-order valence-corrected chi connectivity index (χ1v) is 8.27. The lowest BCUT2D eigenvalue weighted by Crippen LogP contribution is -2.50. The quantitative estimate of drug-likeness (QED) is 0.716. The molecular formula is C16H33N3O. The standard InChI is InChI=1S/C16H33N3O/c1-5-6-13(2)18-16(20)14(3)19-11-8-15(9-12-19)7-10-17-4/h13-15,17H,5-12H2,1-4H3,(H,18,20). The van der Waals surface area contributed by atoms with E-state index < -0.39 is 0 Å². The van der Waals surface area contributed by atoms with E-state index in [9.17, 15) is 4.79 Å². The molecule has 1 aliphatic rings. The number of carbonyl (C=O) groups excluding carboxylic acids is 1. The molecule has 0 bridgehead atoms. The second kappa shape index (κ2) is 9.35. The third kappa shape index (κ3) is 5.80. The van der Waals surface area contributed by atoms with Crippen molar-refractivity contribution in [3.8, 4) is 0 Å². The molecule has 20 heavy (non-hydrogen) atoms. The Bertz CT molecular complexity index is 275. The van der Waals surface area contributed by atoms with Gasteiger partial charge in [-0.1, -0.05) is 13.3 Å². The summed E-state index contributed by atoms with van der Waals surface area (Å²) in [6.45, 7) is 9.52. The summed E-state index contributed by atoms with van der Waals surface area (Å²) in [5.41, 5.74) is 0. The van der Waals surface area contributed by atoms with E-state index in [1.54, 1.807) is 0 Å². The molecule has 2 unspecified atom stereocenters. The van der Waals surface area contributed by atoms with Gasteiger partial charge in [0.05, 0.1) is 6.04 Å². The molecule has 0 saturated carbocycles. The topological polar surface area (TPSA) is 44.4 Å². The Morgan fingerprint density at radius 2 is 1.95 bits per heavy atom. The number of amides is 1. The predicted octanol–water partition coefficient (Wildman–Crippen LogP) is 2.00. The molecule has 0 aromatic heterocycles. The highest BCUT2D eigenvalue weighted by Crippen LogP contribution is 2.21. The molecule has 2 N–H and O–H groups in total. The molecule has 1 aliphatic heterocycles. The van der Waals surface area contributed by atoms with Gasteiger partial charge in [0, 0.05) is 6.04 Å². The molecule has 1 fully saturated rings. The molecule has 0 radical (unpaired) electrons. The third-order valence-corrected chi connectivity index (χ3v) is 4.49. The van der Waals surface area contributed by atoms with Crippen molar-refractivity contribution >= 4 is 5.91 Å². The summed E-state index contributed by atoms with van der Waals surface area (Å²) in [5, 5.41) is 6.36. The van der Waals surface area contributed by atoms with Gasteiger partial charge in [0.25, 0.3) is 0 Å². The highest BCUT2D eigenvalue weighted by atomic mass is 16.2. The fourth-order valence-corrected chi connectivity index (χ4v) is 3.01. The molecule has 0 aliphatic carbocycles. The first kappa shape index (κ1) is 17.4. The van der Waals surface area contributed by atoms with Crippen LogP contribution in [0.5, 0.6) is 0 Å². The Kier molecular flexibility index (Phi) is 8.15. The van der Waals surface area contributed by atoms with Crippen LogP contribution in [0.15, 0.2) is 0 Å². The molecule has 0 aromatic rings. The van der Waals surface area contributed by atoms with E-state index in [0.717, 1.165) is 38.4 Å². The maximum atomic E-state index is 12.2. The van der Waals surface area contributed by atoms with Gasteiger partial charge in [0.2, 0.25) is 5.91 Å². The molecule has 118 valence electrons. The van der Waals surface area contributed by atoms with Gasteiger partial charge < -0.3 is 10.6 Å². The van der Waals surface area contributed by atoms with Crippen molar-refractivity contribution in [2.24, 2.45) is 5.92 Å². The van der Waals surface area contributed by atoms with E-state index in [-0.39, 0.29) is 11.9 Å². The average molecular weight is 283 g/mol. The highest BCUT2D eigenvalue weighted by Gasteiger charge is 2.26. The van der Waals surface area contributed by atoms with Crippen molar-refractivity contribution in [2.75, 3.05) is 26.7 Å². The van der Waals surface area contributed by atoms with Crippen molar-refractivity contribution in [2.45, 2.75) is 65.0 Å². The Morgan fingerprint density at radius 3 is 2.50 bits per heavy atom. The third-order valence-electron chi connectivity index (χ3n) is 4.49. The lowest BCUT2D eigenvalue weighted by Gasteiger charge is -2.35. The van der Waals surface area contributed by atoms with Gasteiger partial charge in [-0.25, -0.2) is 0 Å². The van der Waals surface area contributed by atoms with E-state index >= 15 is 0 Å². The lowest BCUT2D eigenvalue weighted by molar-refractivity contribution is -0.127. The molecule has 0 spiro atoms. The highest BCUT2D eigenvalue weighted by molar-refractivity contribution is 5.81. The van der Waals surface area contributed by atoms with Crippen LogP contribution in [0.25, 0.3) is 0 Å².